The lowest BCUT2D eigenvalue weighted by molar-refractivity contribution is 0.762. The van der Waals surface area contributed by atoms with Crippen LogP contribution in [0.4, 0.5) is 5.95 Å². The van der Waals surface area contributed by atoms with Crippen LogP contribution in [0.25, 0.3) is 16.9 Å². The molecule has 0 unspecified atom stereocenters. The van der Waals surface area contributed by atoms with Gasteiger partial charge < -0.3 is 5.73 Å². The smallest absolute Gasteiger partial charge is 0.207 e. The van der Waals surface area contributed by atoms with Crippen molar-refractivity contribution in [1.82, 2.24) is 19.3 Å². The number of nitrogens with zero attached hydrogens (tertiary/aromatic N) is 4. The van der Waals surface area contributed by atoms with Crippen molar-refractivity contribution in [2.75, 3.05) is 5.73 Å². The summed E-state index contributed by atoms with van der Waals surface area (Å²) in [4.78, 5) is 4.44. The second-order valence-electron chi connectivity index (χ2n) is 5.08. The molecule has 3 aromatic rings. The van der Waals surface area contributed by atoms with Crippen molar-refractivity contribution < 1.29 is 0 Å². The van der Waals surface area contributed by atoms with Crippen molar-refractivity contribution in [3.63, 3.8) is 0 Å². The van der Waals surface area contributed by atoms with E-state index in [4.69, 9.17) is 5.73 Å². The molecule has 5 nitrogen and oxygen atoms in total. The van der Waals surface area contributed by atoms with Gasteiger partial charge in [0.15, 0.2) is 5.65 Å². The van der Waals surface area contributed by atoms with E-state index in [0.717, 1.165) is 27.0 Å². The molecule has 20 heavy (non-hydrogen) atoms. The Morgan fingerprint density at radius 1 is 1.15 bits per heavy atom. The van der Waals surface area contributed by atoms with E-state index < -0.39 is 0 Å². The van der Waals surface area contributed by atoms with E-state index in [1.165, 1.54) is 11.1 Å². The Labute approximate surface area is 125 Å². The summed E-state index contributed by atoms with van der Waals surface area (Å²) in [6.07, 6.45) is 0. The molecular formula is C14H16BrN5. The predicted octanol–water partition coefficient (Wildman–Crippen LogP) is 3.03. The lowest BCUT2D eigenvalue weighted by atomic mass is 10.1. The second kappa shape index (κ2) is 4.34. The molecule has 0 spiro atoms. The van der Waals surface area contributed by atoms with E-state index in [1.54, 1.807) is 0 Å². The van der Waals surface area contributed by atoms with Crippen molar-refractivity contribution in [3.8, 4) is 5.69 Å². The van der Waals surface area contributed by atoms with Crippen LogP contribution < -0.4 is 5.73 Å². The first-order valence-corrected chi connectivity index (χ1v) is 7.14. The Morgan fingerprint density at radius 2 is 1.75 bits per heavy atom. The fraction of sp³-hybridized carbons (Fsp3) is 0.286. The van der Waals surface area contributed by atoms with Crippen LogP contribution in [-0.2, 0) is 7.05 Å². The number of rotatable bonds is 1. The maximum Gasteiger partial charge on any atom is 0.207 e. The van der Waals surface area contributed by atoms with Crippen LogP contribution in [0.1, 0.15) is 16.8 Å². The number of anilines is 1. The molecule has 2 heterocycles. The van der Waals surface area contributed by atoms with Gasteiger partial charge in [0.05, 0.1) is 11.4 Å². The van der Waals surface area contributed by atoms with E-state index in [1.807, 2.05) is 23.2 Å². The Bertz CT molecular complexity index is 805. The van der Waals surface area contributed by atoms with Crippen LogP contribution in [0.3, 0.4) is 0 Å². The first kappa shape index (κ1) is 13.2. The van der Waals surface area contributed by atoms with Gasteiger partial charge >= 0.3 is 0 Å². The molecule has 104 valence electrons. The highest BCUT2D eigenvalue weighted by atomic mass is 79.9. The van der Waals surface area contributed by atoms with Gasteiger partial charge in [-0.25, -0.2) is 9.67 Å². The normalized spacial score (nSPS) is 11.4. The van der Waals surface area contributed by atoms with Crippen LogP contribution in [0.2, 0.25) is 0 Å². The number of hydrogen-bond acceptors (Lipinski definition) is 3. The zero-order valence-corrected chi connectivity index (χ0v) is 13.5. The van der Waals surface area contributed by atoms with Gasteiger partial charge in [-0.1, -0.05) is 15.9 Å². The third-order valence-corrected chi connectivity index (χ3v) is 4.76. The zero-order chi connectivity index (χ0) is 14.6. The number of aromatic nitrogens is 4. The quantitative estimate of drug-likeness (QED) is 0.744. The molecule has 0 aliphatic rings. The molecule has 0 saturated heterocycles. The minimum Gasteiger partial charge on any atom is -0.369 e. The highest BCUT2D eigenvalue weighted by Gasteiger charge is 2.17. The molecule has 0 bridgehead atoms. The Kier molecular flexibility index (Phi) is 2.86. The summed E-state index contributed by atoms with van der Waals surface area (Å²) in [6, 6.07) is 4.19. The number of halogens is 1. The van der Waals surface area contributed by atoms with Crippen molar-refractivity contribution >= 4 is 33.0 Å². The third-order valence-electron chi connectivity index (χ3n) is 3.51. The summed E-state index contributed by atoms with van der Waals surface area (Å²) in [6.45, 7) is 6.08. The van der Waals surface area contributed by atoms with E-state index in [2.05, 4.69) is 52.0 Å². The fourth-order valence-electron chi connectivity index (χ4n) is 2.60. The summed E-state index contributed by atoms with van der Waals surface area (Å²) >= 11 is 3.59. The molecule has 2 N–H and O–H groups in total. The van der Waals surface area contributed by atoms with E-state index in [0.29, 0.717) is 5.95 Å². The number of hydrogen-bond donors (Lipinski definition) is 1. The van der Waals surface area contributed by atoms with Gasteiger partial charge in [0.2, 0.25) is 5.95 Å². The second-order valence-corrected chi connectivity index (χ2v) is 5.87. The molecule has 0 aliphatic carbocycles. The monoisotopic (exact) mass is 333 g/mol. The topological polar surface area (TPSA) is 61.7 Å². The minimum absolute atomic E-state index is 0.484. The number of fused-ring (bicyclic) bond motifs is 1. The Balaban J connectivity index is 2.37. The predicted molar refractivity (Wildman–Crippen MR) is 84.2 cm³/mol. The van der Waals surface area contributed by atoms with E-state index in [9.17, 15) is 0 Å². The molecule has 0 amide bonds. The number of nitrogen functional groups attached to an aromatic ring is 1. The molecule has 3 rings (SSSR count). The number of imidazole rings is 1. The van der Waals surface area contributed by atoms with E-state index >= 15 is 0 Å². The average Bonchev–Trinajstić information content (AvgIpc) is 2.84. The lowest BCUT2D eigenvalue weighted by Crippen LogP contribution is -2.05. The maximum absolute atomic E-state index is 6.10. The lowest BCUT2D eigenvalue weighted by Gasteiger charge is -2.11. The molecule has 0 atom stereocenters. The molecule has 0 fully saturated rings. The number of aryl methyl sites for hydroxylation is 4. The molecule has 0 aliphatic heterocycles. The Morgan fingerprint density at radius 3 is 2.35 bits per heavy atom. The molecular weight excluding hydrogens is 318 g/mol. The summed E-state index contributed by atoms with van der Waals surface area (Å²) in [7, 11) is 1.91. The van der Waals surface area contributed by atoms with Crippen molar-refractivity contribution in [1.29, 1.82) is 0 Å². The molecule has 2 aromatic heterocycles. The van der Waals surface area contributed by atoms with E-state index in [-0.39, 0.29) is 0 Å². The summed E-state index contributed by atoms with van der Waals surface area (Å²) in [5.41, 5.74) is 12.1. The summed E-state index contributed by atoms with van der Waals surface area (Å²) in [5.74, 6) is 0.484. The van der Waals surface area contributed by atoms with Crippen molar-refractivity contribution in [2.24, 2.45) is 7.05 Å². The standard InChI is InChI=1S/C14H16BrN5/c1-7-5-10(6-8(2)11(7)15)20-13-12(17-14(20)16)9(3)18-19(13)4/h5-6H,1-4H3,(H2,16,17). The number of benzene rings is 1. The SMILES string of the molecule is Cc1cc(-n2c(N)nc3c(C)nn(C)c32)cc(C)c1Br. The highest BCUT2D eigenvalue weighted by molar-refractivity contribution is 9.10. The first-order chi connectivity index (χ1) is 9.40. The molecule has 0 saturated carbocycles. The van der Waals surface area contributed by atoms with Crippen molar-refractivity contribution in [3.05, 3.63) is 33.4 Å². The molecule has 1 aromatic carbocycles. The summed E-state index contributed by atoms with van der Waals surface area (Å²) in [5, 5.41) is 4.41. The van der Waals surface area contributed by atoms with Gasteiger partial charge in [-0.05, 0) is 44.0 Å². The zero-order valence-electron chi connectivity index (χ0n) is 11.9. The maximum atomic E-state index is 6.10. The van der Waals surface area contributed by atoms with Gasteiger partial charge in [-0.2, -0.15) is 5.10 Å². The third kappa shape index (κ3) is 1.75. The average molecular weight is 334 g/mol. The van der Waals surface area contributed by atoms with Crippen molar-refractivity contribution in [2.45, 2.75) is 20.8 Å². The highest BCUT2D eigenvalue weighted by Crippen LogP contribution is 2.29. The van der Waals surface area contributed by atoms with Gasteiger partial charge in [0.25, 0.3) is 0 Å². The van der Waals surface area contributed by atoms with Crippen LogP contribution in [0.15, 0.2) is 16.6 Å². The molecule has 0 radical (unpaired) electrons. The summed E-state index contributed by atoms with van der Waals surface area (Å²) < 4.78 is 4.89. The number of nitrogens with two attached hydrogens (primary N) is 1. The molecule has 6 heteroatoms. The largest absolute Gasteiger partial charge is 0.369 e. The van der Waals surface area contributed by atoms with Crippen LogP contribution in [0, 0.1) is 20.8 Å². The Hall–Kier alpha value is -1.82. The van der Waals surface area contributed by atoms with Crippen LogP contribution in [0.5, 0.6) is 0 Å². The van der Waals surface area contributed by atoms with Gasteiger partial charge in [0.1, 0.15) is 5.52 Å². The van der Waals surface area contributed by atoms with Crippen LogP contribution in [-0.4, -0.2) is 19.3 Å². The fourth-order valence-corrected chi connectivity index (χ4v) is 2.82. The van der Waals surface area contributed by atoms with Crippen LogP contribution >= 0.6 is 15.9 Å². The van der Waals surface area contributed by atoms with Gasteiger partial charge in [-0.3, -0.25) is 4.57 Å². The first-order valence-electron chi connectivity index (χ1n) is 6.34. The van der Waals surface area contributed by atoms with Gasteiger partial charge in [0, 0.05) is 11.5 Å². The minimum atomic E-state index is 0.484. The van der Waals surface area contributed by atoms with Gasteiger partial charge in [-0.15, -0.1) is 0 Å².